The van der Waals surface area contributed by atoms with Crippen LogP contribution in [0.2, 0.25) is 0 Å². The predicted molar refractivity (Wildman–Crippen MR) is 58.0 cm³/mol. The molecule has 0 saturated carbocycles. The molecule has 0 spiro atoms. The molecule has 0 aromatic carbocycles. The summed E-state index contributed by atoms with van der Waals surface area (Å²) in [5, 5.41) is 0. The van der Waals surface area contributed by atoms with Crippen LogP contribution in [0.3, 0.4) is 0 Å². The van der Waals surface area contributed by atoms with Gasteiger partial charge in [-0.3, -0.25) is 0 Å². The van der Waals surface area contributed by atoms with Gasteiger partial charge in [0.05, 0.1) is 6.61 Å². The molecule has 0 aromatic rings. The van der Waals surface area contributed by atoms with Crippen molar-refractivity contribution in [2.45, 2.75) is 20.0 Å². The van der Waals surface area contributed by atoms with Crippen molar-refractivity contribution in [3.63, 3.8) is 0 Å². The standard InChI is InChI=1S/C12H18O2/c1-9(2)10(3)5-6-11(4)13-7-12-8-14-12/h5-6,9,12H,3-4,7-8H2,1-2H3/b6-5-. The second-order valence-electron chi connectivity index (χ2n) is 3.80. The lowest BCUT2D eigenvalue weighted by Crippen LogP contribution is -1.99. The first-order chi connectivity index (χ1) is 6.59. The smallest absolute Gasteiger partial charge is 0.117 e. The molecule has 0 N–H and O–H groups in total. The zero-order chi connectivity index (χ0) is 10.6. The molecule has 2 nitrogen and oxygen atoms in total. The molecule has 0 amide bonds. The SMILES string of the molecule is C=C(/C=C\C(=C)C(C)C)OCC1CO1. The van der Waals surface area contributed by atoms with Crippen LogP contribution >= 0.6 is 0 Å². The maximum Gasteiger partial charge on any atom is 0.117 e. The summed E-state index contributed by atoms with van der Waals surface area (Å²) in [6.07, 6.45) is 4.08. The topological polar surface area (TPSA) is 21.8 Å². The van der Waals surface area contributed by atoms with Crippen molar-refractivity contribution in [1.29, 1.82) is 0 Å². The third kappa shape index (κ3) is 4.28. The summed E-state index contributed by atoms with van der Waals surface area (Å²) in [6, 6.07) is 0. The van der Waals surface area contributed by atoms with Crippen LogP contribution < -0.4 is 0 Å². The number of allylic oxidation sites excluding steroid dienone is 3. The van der Waals surface area contributed by atoms with Gasteiger partial charge in [0, 0.05) is 0 Å². The molecule has 1 saturated heterocycles. The van der Waals surface area contributed by atoms with Gasteiger partial charge >= 0.3 is 0 Å². The molecule has 0 aromatic heterocycles. The molecule has 0 aliphatic carbocycles. The highest BCUT2D eigenvalue weighted by atomic mass is 16.6. The number of ether oxygens (including phenoxy) is 2. The van der Waals surface area contributed by atoms with Gasteiger partial charge in [-0.05, 0) is 12.0 Å². The van der Waals surface area contributed by atoms with Crippen LogP contribution in [0.5, 0.6) is 0 Å². The largest absolute Gasteiger partial charge is 0.491 e. The Kier molecular flexibility index (Phi) is 3.96. The Bertz CT molecular complexity index is 247. The summed E-state index contributed by atoms with van der Waals surface area (Å²) in [6.45, 7) is 13.3. The monoisotopic (exact) mass is 194 g/mol. The molecule has 0 bridgehead atoms. The molecule has 1 fully saturated rings. The molecule has 1 aliphatic rings. The fourth-order valence-corrected chi connectivity index (χ4v) is 0.805. The van der Waals surface area contributed by atoms with Crippen molar-refractivity contribution in [2.75, 3.05) is 13.2 Å². The van der Waals surface area contributed by atoms with Gasteiger partial charge in [0.15, 0.2) is 0 Å². The van der Waals surface area contributed by atoms with E-state index >= 15 is 0 Å². The minimum atomic E-state index is 0.286. The van der Waals surface area contributed by atoms with Crippen LogP contribution in [-0.4, -0.2) is 19.3 Å². The van der Waals surface area contributed by atoms with E-state index in [2.05, 4.69) is 27.0 Å². The van der Waals surface area contributed by atoms with Gasteiger partial charge in [-0.25, -0.2) is 0 Å². The first-order valence-corrected chi connectivity index (χ1v) is 4.89. The van der Waals surface area contributed by atoms with E-state index in [9.17, 15) is 0 Å². The van der Waals surface area contributed by atoms with Crippen molar-refractivity contribution in [2.24, 2.45) is 5.92 Å². The molecular weight excluding hydrogens is 176 g/mol. The lowest BCUT2D eigenvalue weighted by atomic mass is 10.1. The Balaban J connectivity index is 2.20. The molecule has 1 aliphatic heterocycles. The first-order valence-electron chi connectivity index (χ1n) is 4.89. The minimum Gasteiger partial charge on any atom is -0.491 e. The maximum atomic E-state index is 5.35. The normalized spacial score (nSPS) is 20.1. The van der Waals surface area contributed by atoms with Gasteiger partial charge < -0.3 is 9.47 Å². The average Bonchev–Trinajstić information content (AvgIpc) is 2.94. The number of rotatable bonds is 6. The second kappa shape index (κ2) is 5.01. The van der Waals surface area contributed by atoms with E-state index in [0.717, 1.165) is 12.2 Å². The van der Waals surface area contributed by atoms with Crippen LogP contribution in [0.25, 0.3) is 0 Å². The lowest BCUT2D eigenvalue weighted by Gasteiger charge is -2.05. The van der Waals surface area contributed by atoms with E-state index in [1.165, 1.54) is 0 Å². The van der Waals surface area contributed by atoms with Gasteiger partial charge in [0.1, 0.15) is 18.5 Å². The number of hydrogen-bond acceptors (Lipinski definition) is 2. The van der Waals surface area contributed by atoms with E-state index < -0.39 is 0 Å². The Labute approximate surface area is 85.9 Å². The summed E-state index contributed by atoms with van der Waals surface area (Å²) < 4.78 is 10.4. The average molecular weight is 194 g/mol. The lowest BCUT2D eigenvalue weighted by molar-refractivity contribution is 0.194. The molecule has 1 atom stereocenters. The molecule has 1 rings (SSSR count). The maximum absolute atomic E-state index is 5.35. The first kappa shape index (κ1) is 11.1. The molecule has 1 heterocycles. The van der Waals surface area contributed by atoms with Gasteiger partial charge in [0.25, 0.3) is 0 Å². The zero-order valence-corrected chi connectivity index (χ0v) is 8.95. The summed E-state index contributed by atoms with van der Waals surface area (Å²) >= 11 is 0. The van der Waals surface area contributed by atoms with E-state index in [1.54, 1.807) is 0 Å². The van der Waals surface area contributed by atoms with Gasteiger partial charge in [0.2, 0.25) is 0 Å². The fourth-order valence-electron chi connectivity index (χ4n) is 0.805. The highest BCUT2D eigenvalue weighted by Crippen LogP contribution is 2.12. The highest BCUT2D eigenvalue weighted by Gasteiger charge is 2.22. The highest BCUT2D eigenvalue weighted by molar-refractivity contribution is 5.22. The number of hydrogen-bond donors (Lipinski definition) is 0. The van der Waals surface area contributed by atoms with Crippen molar-refractivity contribution in [3.05, 3.63) is 36.6 Å². The van der Waals surface area contributed by atoms with E-state index in [4.69, 9.17) is 9.47 Å². The van der Waals surface area contributed by atoms with Gasteiger partial charge in [-0.1, -0.05) is 38.7 Å². The summed E-state index contributed by atoms with van der Waals surface area (Å²) in [5.41, 5.74) is 1.08. The van der Waals surface area contributed by atoms with E-state index in [1.807, 2.05) is 12.2 Å². The Morgan fingerprint density at radius 2 is 2.14 bits per heavy atom. The van der Waals surface area contributed by atoms with Gasteiger partial charge in [-0.2, -0.15) is 0 Å². The van der Waals surface area contributed by atoms with E-state index in [-0.39, 0.29) is 6.10 Å². The van der Waals surface area contributed by atoms with Gasteiger partial charge in [-0.15, -0.1) is 0 Å². The molecule has 1 unspecified atom stereocenters. The number of epoxide rings is 1. The summed E-state index contributed by atoms with van der Waals surface area (Å²) in [4.78, 5) is 0. The summed E-state index contributed by atoms with van der Waals surface area (Å²) in [7, 11) is 0. The summed E-state index contributed by atoms with van der Waals surface area (Å²) in [5.74, 6) is 1.13. The molecule has 0 radical (unpaired) electrons. The van der Waals surface area contributed by atoms with Crippen LogP contribution in [0, 0.1) is 5.92 Å². The molecule has 78 valence electrons. The Hall–Kier alpha value is -1.02. The van der Waals surface area contributed by atoms with Crippen LogP contribution in [0.1, 0.15) is 13.8 Å². The molecule has 14 heavy (non-hydrogen) atoms. The molecule has 2 heteroatoms. The van der Waals surface area contributed by atoms with Crippen LogP contribution in [-0.2, 0) is 9.47 Å². The van der Waals surface area contributed by atoms with Crippen molar-refractivity contribution >= 4 is 0 Å². The second-order valence-corrected chi connectivity index (χ2v) is 3.80. The fraction of sp³-hybridized carbons (Fsp3) is 0.500. The zero-order valence-electron chi connectivity index (χ0n) is 8.95. The third-order valence-corrected chi connectivity index (χ3v) is 2.08. The van der Waals surface area contributed by atoms with E-state index in [0.29, 0.717) is 18.3 Å². The molecular formula is C12H18O2. The van der Waals surface area contributed by atoms with Crippen molar-refractivity contribution < 1.29 is 9.47 Å². The Morgan fingerprint density at radius 1 is 1.50 bits per heavy atom. The third-order valence-electron chi connectivity index (χ3n) is 2.08. The Morgan fingerprint density at radius 3 is 2.64 bits per heavy atom. The quantitative estimate of drug-likeness (QED) is 0.368. The van der Waals surface area contributed by atoms with Crippen molar-refractivity contribution in [1.82, 2.24) is 0 Å². The minimum absolute atomic E-state index is 0.286. The van der Waals surface area contributed by atoms with Crippen LogP contribution in [0.4, 0.5) is 0 Å². The van der Waals surface area contributed by atoms with Crippen LogP contribution in [0.15, 0.2) is 36.6 Å². The predicted octanol–water partition coefficient (Wildman–Crippen LogP) is 2.68. The van der Waals surface area contributed by atoms with Crippen molar-refractivity contribution in [3.8, 4) is 0 Å².